The average Bonchev–Trinajstić information content (AvgIpc) is 2.97. The highest BCUT2D eigenvalue weighted by Gasteiger charge is 2.18. The summed E-state index contributed by atoms with van der Waals surface area (Å²) >= 11 is 1.53. The minimum Gasteiger partial charge on any atom is -0.390 e. The summed E-state index contributed by atoms with van der Waals surface area (Å²) in [5, 5.41) is 15.3. The van der Waals surface area contributed by atoms with Gasteiger partial charge in [-0.05, 0) is 36.6 Å². The van der Waals surface area contributed by atoms with Crippen LogP contribution in [0.3, 0.4) is 0 Å². The van der Waals surface area contributed by atoms with E-state index in [-0.39, 0.29) is 12.4 Å². The molecule has 0 unspecified atom stereocenters. The molecule has 22 heavy (non-hydrogen) atoms. The third kappa shape index (κ3) is 2.64. The lowest BCUT2D eigenvalue weighted by molar-refractivity contribution is 0.275. The number of rotatable bonds is 4. The van der Waals surface area contributed by atoms with Crippen molar-refractivity contribution in [3.05, 3.63) is 40.3 Å². The van der Waals surface area contributed by atoms with Crippen LogP contribution in [-0.4, -0.2) is 19.7 Å². The lowest BCUT2D eigenvalue weighted by Crippen LogP contribution is -1.99. The van der Waals surface area contributed by atoms with Crippen molar-refractivity contribution in [2.45, 2.75) is 33.8 Å². The second-order valence-corrected chi connectivity index (χ2v) is 6.86. The Bertz CT molecular complexity index is 822. The lowest BCUT2D eigenvalue weighted by Gasteiger charge is -2.03. The molecule has 0 amide bonds. The van der Waals surface area contributed by atoms with Gasteiger partial charge in [-0.3, -0.25) is 0 Å². The highest BCUT2D eigenvalue weighted by molar-refractivity contribution is 7.16. The number of benzene rings is 1. The van der Waals surface area contributed by atoms with Gasteiger partial charge in [0.2, 0.25) is 4.96 Å². The highest BCUT2D eigenvalue weighted by Crippen LogP contribution is 2.28. The highest BCUT2D eigenvalue weighted by atomic mass is 32.1. The molecule has 0 atom stereocenters. The first-order valence-corrected chi connectivity index (χ1v) is 8.06. The minimum absolute atomic E-state index is 0.155. The van der Waals surface area contributed by atoms with Gasteiger partial charge in [-0.25, -0.2) is 13.9 Å². The van der Waals surface area contributed by atoms with E-state index in [4.69, 9.17) is 0 Å². The van der Waals surface area contributed by atoms with Gasteiger partial charge in [-0.1, -0.05) is 25.2 Å². The summed E-state index contributed by atoms with van der Waals surface area (Å²) in [6, 6.07) is 4.86. The molecule has 0 bridgehead atoms. The van der Waals surface area contributed by atoms with E-state index in [0.717, 1.165) is 22.0 Å². The minimum atomic E-state index is -0.243. The van der Waals surface area contributed by atoms with Crippen LogP contribution in [0.1, 0.15) is 30.1 Å². The second-order valence-electron chi connectivity index (χ2n) is 5.82. The van der Waals surface area contributed by atoms with E-state index in [0.29, 0.717) is 22.9 Å². The molecule has 0 aliphatic rings. The van der Waals surface area contributed by atoms with Gasteiger partial charge in [-0.15, -0.1) is 0 Å². The molecule has 1 N–H and O–H groups in total. The topological polar surface area (TPSA) is 50.4 Å². The molecule has 0 aliphatic heterocycles. The average molecular weight is 319 g/mol. The summed E-state index contributed by atoms with van der Waals surface area (Å²) < 4.78 is 15.1. The molecule has 2 heterocycles. The Kier molecular flexibility index (Phi) is 3.97. The molecule has 0 saturated carbocycles. The van der Waals surface area contributed by atoms with E-state index in [1.165, 1.54) is 17.4 Å². The molecule has 3 aromatic rings. The molecule has 4 nitrogen and oxygen atoms in total. The van der Waals surface area contributed by atoms with Crippen LogP contribution in [0.2, 0.25) is 0 Å². The number of fused-ring (bicyclic) bond motifs is 1. The predicted molar refractivity (Wildman–Crippen MR) is 85.5 cm³/mol. The number of aliphatic hydroxyl groups is 1. The molecular weight excluding hydrogens is 301 g/mol. The molecule has 3 rings (SSSR count). The van der Waals surface area contributed by atoms with Crippen molar-refractivity contribution < 1.29 is 9.50 Å². The monoisotopic (exact) mass is 319 g/mol. The van der Waals surface area contributed by atoms with Crippen LogP contribution in [0.15, 0.2) is 18.2 Å². The quantitative estimate of drug-likeness (QED) is 0.799. The van der Waals surface area contributed by atoms with Crippen molar-refractivity contribution in [1.82, 2.24) is 14.6 Å². The summed E-state index contributed by atoms with van der Waals surface area (Å²) in [7, 11) is 0. The SMILES string of the molecule is Cc1cc(-c2nc3sc(CC(C)C)nn3c2CO)ccc1F. The number of hydrogen-bond acceptors (Lipinski definition) is 4. The maximum atomic E-state index is 13.4. The number of aryl methyl sites for hydroxylation is 1. The predicted octanol–water partition coefficient (Wildman–Crippen LogP) is 3.60. The summed E-state index contributed by atoms with van der Waals surface area (Å²) in [4.78, 5) is 5.35. The number of halogens is 1. The molecule has 0 fully saturated rings. The van der Waals surface area contributed by atoms with Crippen LogP contribution in [0, 0.1) is 18.7 Å². The Hall–Kier alpha value is -1.79. The summed E-state index contributed by atoms with van der Waals surface area (Å²) in [5.74, 6) is 0.278. The maximum Gasteiger partial charge on any atom is 0.213 e. The third-order valence-corrected chi connectivity index (χ3v) is 4.43. The lowest BCUT2D eigenvalue weighted by atomic mass is 10.1. The van der Waals surface area contributed by atoms with Crippen LogP contribution in [0.4, 0.5) is 4.39 Å². The summed E-state index contributed by atoms with van der Waals surface area (Å²) in [5.41, 5.74) is 2.67. The fourth-order valence-corrected chi connectivity index (χ4v) is 3.55. The molecule has 1 aromatic carbocycles. The van der Waals surface area contributed by atoms with Crippen molar-refractivity contribution in [1.29, 1.82) is 0 Å². The van der Waals surface area contributed by atoms with Crippen LogP contribution in [0.25, 0.3) is 16.2 Å². The second kappa shape index (κ2) is 5.78. The van der Waals surface area contributed by atoms with Crippen LogP contribution in [-0.2, 0) is 13.0 Å². The van der Waals surface area contributed by atoms with Crippen molar-refractivity contribution >= 4 is 16.3 Å². The Balaban J connectivity index is 2.10. The Morgan fingerprint density at radius 2 is 2.14 bits per heavy atom. The molecule has 0 saturated heterocycles. The van der Waals surface area contributed by atoms with Gasteiger partial charge in [-0.2, -0.15) is 5.10 Å². The Morgan fingerprint density at radius 3 is 2.77 bits per heavy atom. The zero-order valence-electron chi connectivity index (χ0n) is 12.8. The van der Waals surface area contributed by atoms with Gasteiger partial charge < -0.3 is 5.11 Å². The van der Waals surface area contributed by atoms with Gasteiger partial charge in [0.1, 0.15) is 10.8 Å². The van der Waals surface area contributed by atoms with E-state index in [9.17, 15) is 9.50 Å². The summed E-state index contributed by atoms with van der Waals surface area (Å²) in [6.45, 7) is 5.85. The van der Waals surface area contributed by atoms with E-state index >= 15 is 0 Å². The van der Waals surface area contributed by atoms with Gasteiger partial charge >= 0.3 is 0 Å². The zero-order valence-corrected chi connectivity index (χ0v) is 13.6. The molecule has 0 spiro atoms. The van der Waals surface area contributed by atoms with Crippen molar-refractivity contribution in [2.75, 3.05) is 0 Å². The zero-order chi connectivity index (χ0) is 15.9. The number of aromatic nitrogens is 3. The molecule has 2 aromatic heterocycles. The Morgan fingerprint density at radius 1 is 1.36 bits per heavy atom. The van der Waals surface area contributed by atoms with Crippen LogP contribution in [0.5, 0.6) is 0 Å². The standard InChI is InChI=1S/C16H18FN3OS/c1-9(2)6-14-19-20-13(8-21)15(18-16(20)22-14)11-4-5-12(17)10(3)7-11/h4-5,7,9,21H,6,8H2,1-3H3. The van der Waals surface area contributed by atoms with Gasteiger partial charge in [0.25, 0.3) is 0 Å². The van der Waals surface area contributed by atoms with Gasteiger partial charge in [0, 0.05) is 12.0 Å². The Labute approximate surface area is 132 Å². The van der Waals surface area contributed by atoms with E-state index in [1.54, 1.807) is 23.6 Å². The maximum absolute atomic E-state index is 13.4. The third-order valence-electron chi connectivity index (χ3n) is 3.50. The smallest absolute Gasteiger partial charge is 0.213 e. The van der Waals surface area contributed by atoms with Crippen molar-refractivity contribution in [3.63, 3.8) is 0 Å². The van der Waals surface area contributed by atoms with Gasteiger partial charge in [0.15, 0.2) is 0 Å². The van der Waals surface area contributed by atoms with Crippen LogP contribution < -0.4 is 0 Å². The first-order chi connectivity index (χ1) is 10.5. The summed E-state index contributed by atoms with van der Waals surface area (Å²) in [6.07, 6.45) is 0.893. The molecule has 0 aliphatic carbocycles. The van der Waals surface area contributed by atoms with Gasteiger partial charge in [0.05, 0.1) is 18.0 Å². The van der Waals surface area contributed by atoms with Crippen molar-refractivity contribution in [2.24, 2.45) is 5.92 Å². The fourth-order valence-electron chi connectivity index (χ4n) is 2.43. The molecule has 116 valence electrons. The van der Waals surface area contributed by atoms with Crippen LogP contribution >= 0.6 is 11.3 Å². The molecular formula is C16H18FN3OS. The molecule has 0 radical (unpaired) electrons. The fraction of sp³-hybridized carbons (Fsp3) is 0.375. The number of nitrogens with zero attached hydrogens (tertiary/aromatic N) is 3. The molecule has 6 heteroatoms. The normalized spacial score (nSPS) is 11.7. The largest absolute Gasteiger partial charge is 0.390 e. The number of aliphatic hydroxyl groups excluding tert-OH is 1. The van der Waals surface area contributed by atoms with E-state index in [1.807, 2.05) is 0 Å². The first kappa shape index (κ1) is 15.1. The van der Waals surface area contributed by atoms with E-state index in [2.05, 4.69) is 23.9 Å². The van der Waals surface area contributed by atoms with E-state index < -0.39 is 0 Å². The number of hydrogen-bond donors (Lipinski definition) is 1. The first-order valence-electron chi connectivity index (χ1n) is 7.24. The van der Waals surface area contributed by atoms with Crippen molar-refractivity contribution in [3.8, 4) is 11.3 Å². The number of imidazole rings is 1.